The van der Waals surface area contributed by atoms with Crippen LogP contribution in [0, 0.1) is 6.92 Å². The summed E-state index contributed by atoms with van der Waals surface area (Å²) in [6.45, 7) is 2.32. The van der Waals surface area contributed by atoms with E-state index in [1.54, 1.807) is 19.1 Å². The zero-order valence-electron chi connectivity index (χ0n) is 10.8. The number of hydrogen-bond donors (Lipinski definition) is 2. The summed E-state index contributed by atoms with van der Waals surface area (Å²) in [7, 11) is 0. The van der Waals surface area contributed by atoms with Gasteiger partial charge in [0.15, 0.2) is 0 Å². The second-order valence-electron chi connectivity index (χ2n) is 4.68. The van der Waals surface area contributed by atoms with E-state index in [2.05, 4.69) is 5.32 Å². The maximum absolute atomic E-state index is 11.9. The number of nitrogens with one attached hydrogen (secondary N) is 1. The van der Waals surface area contributed by atoms with Gasteiger partial charge in [-0.1, -0.05) is 0 Å². The first kappa shape index (κ1) is 13.5. The number of carbonyl (C=O) groups excluding carboxylic acids is 1. The van der Waals surface area contributed by atoms with Gasteiger partial charge in [0.1, 0.15) is 6.10 Å². The smallest absolute Gasteiger partial charge is 0.335 e. The van der Waals surface area contributed by atoms with Crippen LogP contribution >= 0.6 is 0 Å². The molecule has 0 aliphatic carbocycles. The molecule has 2 N–H and O–H groups in total. The molecule has 1 aromatic rings. The highest BCUT2D eigenvalue weighted by atomic mass is 16.5. The molecule has 1 aliphatic heterocycles. The summed E-state index contributed by atoms with van der Waals surface area (Å²) in [6.07, 6.45) is 2.33. The molecule has 102 valence electrons. The number of amides is 1. The van der Waals surface area contributed by atoms with E-state index in [0.717, 1.165) is 19.3 Å². The third kappa shape index (κ3) is 3.32. The first-order chi connectivity index (χ1) is 9.08. The van der Waals surface area contributed by atoms with Gasteiger partial charge in [0.25, 0.3) is 5.91 Å². The average Bonchev–Trinajstić information content (AvgIpc) is 2.39. The van der Waals surface area contributed by atoms with Crippen molar-refractivity contribution in [3.63, 3.8) is 0 Å². The van der Waals surface area contributed by atoms with Gasteiger partial charge in [-0.3, -0.25) is 4.79 Å². The third-order valence-electron chi connectivity index (χ3n) is 3.20. The number of carbonyl (C=O) groups is 2. The van der Waals surface area contributed by atoms with E-state index in [9.17, 15) is 9.59 Å². The molecule has 1 aromatic carbocycles. The Hall–Kier alpha value is -1.88. The zero-order chi connectivity index (χ0) is 13.8. The van der Waals surface area contributed by atoms with Gasteiger partial charge in [-0.25, -0.2) is 4.79 Å². The van der Waals surface area contributed by atoms with Crippen molar-refractivity contribution >= 4 is 17.6 Å². The van der Waals surface area contributed by atoms with Crippen LogP contribution in [0.3, 0.4) is 0 Å². The lowest BCUT2D eigenvalue weighted by Crippen LogP contribution is -2.33. The van der Waals surface area contributed by atoms with E-state index in [0.29, 0.717) is 17.9 Å². The van der Waals surface area contributed by atoms with Gasteiger partial charge in [-0.15, -0.1) is 0 Å². The molecule has 5 nitrogen and oxygen atoms in total. The minimum atomic E-state index is -0.967. The summed E-state index contributed by atoms with van der Waals surface area (Å²) >= 11 is 0. The molecule has 1 unspecified atom stereocenters. The number of anilines is 1. The van der Waals surface area contributed by atoms with Crippen molar-refractivity contribution in [3.8, 4) is 0 Å². The number of benzene rings is 1. The fourth-order valence-electron chi connectivity index (χ4n) is 2.15. The Kier molecular flexibility index (Phi) is 4.16. The Morgan fingerprint density at radius 1 is 1.37 bits per heavy atom. The second-order valence-corrected chi connectivity index (χ2v) is 4.68. The molecule has 0 spiro atoms. The van der Waals surface area contributed by atoms with Crippen LogP contribution in [0.5, 0.6) is 0 Å². The summed E-state index contributed by atoms with van der Waals surface area (Å²) in [5.74, 6) is -1.13. The Morgan fingerprint density at radius 3 is 2.74 bits per heavy atom. The average molecular weight is 263 g/mol. The molecule has 0 bridgehead atoms. The van der Waals surface area contributed by atoms with E-state index < -0.39 is 12.1 Å². The van der Waals surface area contributed by atoms with Gasteiger partial charge in [-0.05, 0) is 49.9 Å². The number of carboxylic acid groups (broad SMARTS) is 1. The number of aryl methyl sites for hydroxylation is 1. The minimum absolute atomic E-state index is 0.165. The van der Waals surface area contributed by atoms with Crippen molar-refractivity contribution in [2.45, 2.75) is 32.3 Å². The number of aromatic carboxylic acids is 1. The molecule has 1 heterocycles. The summed E-state index contributed by atoms with van der Waals surface area (Å²) in [5.41, 5.74) is 1.46. The maximum atomic E-state index is 11.9. The van der Waals surface area contributed by atoms with E-state index in [4.69, 9.17) is 9.84 Å². The number of ether oxygens (including phenoxy) is 1. The van der Waals surface area contributed by atoms with Crippen LogP contribution in [0.25, 0.3) is 0 Å². The van der Waals surface area contributed by atoms with Gasteiger partial charge in [0, 0.05) is 12.3 Å². The van der Waals surface area contributed by atoms with Crippen LogP contribution in [0.2, 0.25) is 0 Å². The highest BCUT2D eigenvalue weighted by Crippen LogP contribution is 2.18. The lowest BCUT2D eigenvalue weighted by molar-refractivity contribution is -0.129. The predicted octanol–water partition coefficient (Wildman–Crippen LogP) is 2.20. The van der Waals surface area contributed by atoms with Gasteiger partial charge in [-0.2, -0.15) is 0 Å². The van der Waals surface area contributed by atoms with Crippen molar-refractivity contribution in [2.75, 3.05) is 11.9 Å². The van der Waals surface area contributed by atoms with Gasteiger partial charge < -0.3 is 15.2 Å². The van der Waals surface area contributed by atoms with E-state index >= 15 is 0 Å². The van der Waals surface area contributed by atoms with Crippen LogP contribution < -0.4 is 5.32 Å². The predicted molar refractivity (Wildman–Crippen MR) is 70.4 cm³/mol. The fourth-order valence-corrected chi connectivity index (χ4v) is 2.15. The van der Waals surface area contributed by atoms with Crippen LogP contribution in [0.4, 0.5) is 5.69 Å². The molecule has 0 radical (unpaired) electrons. The molecule has 19 heavy (non-hydrogen) atoms. The minimum Gasteiger partial charge on any atom is -0.478 e. The van der Waals surface area contributed by atoms with Gasteiger partial charge in [0.05, 0.1) is 5.56 Å². The lowest BCUT2D eigenvalue weighted by atomic mass is 10.1. The Balaban J connectivity index is 2.04. The number of rotatable bonds is 3. The van der Waals surface area contributed by atoms with Crippen molar-refractivity contribution in [1.82, 2.24) is 0 Å². The Labute approximate surface area is 111 Å². The topological polar surface area (TPSA) is 75.6 Å². The SMILES string of the molecule is Cc1cc(NC(=O)C2CCCCO2)ccc1C(=O)O. The summed E-state index contributed by atoms with van der Waals surface area (Å²) in [6, 6.07) is 4.75. The normalized spacial score (nSPS) is 18.9. The number of carboxylic acids is 1. The summed E-state index contributed by atoms with van der Waals surface area (Å²) in [4.78, 5) is 22.8. The van der Waals surface area contributed by atoms with Crippen LogP contribution in [0.15, 0.2) is 18.2 Å². The molecule has 1 atom stereocenters. The molecule has 2 rings (SSSR count). The highest BCUT2D eigenvalue weighted by Gasteiger charge is 2.22. The molecule has 1 fully saturated rings. The highest BCUT2D eigenvalue weighted by molar-refractivity contribution is 5.95. The van der Waals surface area contributed by atoms with E-state index in [1.807, 2.05) is 0 Å². The van der Waals surface area contributed by atoms with Crippen molar-refractivity contribution in [2.24, 2.45) is 0 Å². The molecular formula is C14H17NO4. The summed E-state index contributed by atoms with van der Waals surface area (Å²) < 4.78 is 5.40. The molecular weight excluding hydrogens is 246 g/mol. The standard InChI is InChI=1S/C14H17NO4/c1-9-8-10(5-6-11(9)14(17)18)15-13(16)12-4-2-3-7-19-12/h5-6,8,12H,2-4,7H2,1H3,(H,15,16)(H,17,18). The Morgan fingerprint density at radius 2 is 2.16 bits per heavy atom. The first-order valence-electron chi connectivity index (χ1n) is 6.34. The van der Waals surface area contributed by atoms with Crippen molar-refractivity contribution in [1.29, 1.82) is 0 Å². The Bertz CT molecular complexity index is 492. The maximum Gasteiger partial charge on any atom is 0.335 e. The molecule has 1 amide bonds. The largest absolute Gasteiger partial charge is 0.478 e. The molecule has 1 saturated heterocycles. The monoisotopic (exact) mass is 263 g/mol. The van der Waals surface area contributed by atoms with Crippen molar-refractivity contribution < 1.29 is 19.4 Å². The quantitative estimate of drug-likeness (QED) is 0.876. The molecule has 5 heteroatoms. The van der Waals surface area contributed by atoms with Crippen LogP contribution in [-0.4, -0.2) is 29.7 Å². The first-order valence-corrected chi connectivity index (χ1v) is 6.34. The summed E-state index contributed by atoms with van der Waals surface area (Å²) in [5, 5.41) is 11.7. The molecule has 0 aromatic heterocycles. The third-order valence-corrected chi connectivity index (χ3v) is 3.20. The van der Waals surface area contributed by atoms with E-state index in [-0.39, 0.29) is 11.5 Å². The van der Waals surface area contributed by atoms with E-state index in [1.165, 1.54) is 6.07 Å². The fraction of sp³-hybridized carbons (Fsp3) is 0.429. The molecule has 1 aliphatic rings. The van der Waals surface area contributed by atoms with Gasteiger partial charge in [0.2, 0.25) is 0 Å². The van der Waals surface area contributed by atoms with Crippen LogP contribution in [-0.2, 0) is 9.53 Å². The van der Waals surface area contributed by atoms with Gasteiger partial charge >= 0.3 is 5.97 Å². The number of hydrogen-bond acceptors (Lipinski definition) is 3. The molecule has 0 saturated carbocycles. The lowest BCUT2D eigenvalue weighted by Gasteiger charge is -2.21. The second kappa shape index (κ2) is 5.84. The van der Waals surface area contributed by atoms with Crippen molar-refractivity contribution in [3.05, 3.63) is 29.3 Å². The zero-order valence-corrected chi connectivity index (χ0v) is 10.8. The van der Waals surface area contributed by atoms with Crippen LogP contribution in [0.1, 0.15) is 35.2 Å².